The van der Waals surface area contributed by atoms with E-state index in [4.69, 9.17) is 17.7 Å². The number of amides is 4. The second kappa shape index (κ2) is 14.8. The molecule has 4 aromatic rings. The van der Waals surface area contributed by atoms with Crippen molar-refractivity contribution in [3.8, 4) is 0 Å². The SMILES string of the molecule is Cc1oc2nc1C(=O)N[C@H](C(C)C)c1nc(c(C)o1)C(=O)N[C@@H](C(C)C)c1nc(c(C)o1)C(=O)N[C@H](C(C)C)c1nc(c(C)o1)C(=O)N[C@H]2C(C)C. The maximum absolute atomic E-state index is 13.7. The zero-order valence-electron chi connectivity index (χ0n) is 31.7. The summed E-state index contributed by atoms with van der Waals surface area (Å²) in [4.78, 5) is 72.8. The maximum atomic E-state index is 13.7. The van der Waals surface area contributed by atoms with Crippen LogP contribution < -0.4 is 21.3 Å². The summed E-state index contributed by atoms with van der Waals surface area (Å²) in [6.07, 6.45) is 0. The molecular formula is C36H48N8O8. The molecule has 0 aliphatic carbocycles. The van der Waals surface area contributed by atoms with Gasteiger partial charge in [-0.25, -0.2) is 19.9 Å². The fraction of sp³-hybridized carbons (Fsp3) is 0.556. The van der Waals surface area contributed by atoms with E-state index in [9.17, 15) is 19.2 Å². The van der Waals surface area contributed by atoms with Crippen LogP contribution in [0.15, 0.2) is 17.7 Å². The van der Waals surface area contributed by atoms with Gasteiger partial charge in [-0.3, -0.25) is 19.2 Å². The fourth-order valence-electron chi connectivity index (χ4n) is 5.94. The lowest BCUT2D eigenvalue weighted by molar-refractivity contribution is 0.0902. The Morgan fingerprint density at radius 3 is 0.712 bits per heavy atom. The molecule has 0 unspecified atom stereocenters. The highest BCUT2D eigenvalue weighted by Crippen LogP contribution is 2.30. The van der Waals surface area contributed by atoms with Crippen molar-refractivity contribution >= 4 is 23.6 Å². The Bertz CT molecular complexity index is 1700. The molecule has 0 fully saturated rings. The third kappa shape index (κ3) is 7.51. The minimum Gasteiger partial charge on any atom is -0.443 e. The first-order valence-corrected chi connectivity index (χ1v) is 17.5. The molecule has 280 valence electrons. The van der Waals surface area contributed by atoms with E-state index in [1.165, 1.54) is 0 Å². The van der Waals surface area contributed by atoms with Crippen LogP contribution in [0.5, 0.6) is 0 Å². The Morgan fingerprint density at radius 1 is 0.385 bits per heavy atom. The number of nitrogens with zero attached hydrogens (tertiary/aromatic N) is 4. The normalized spacial score (nSPS) is 20.6. The van der Waals surface area contributed by atoms with Crippen molar-refractivity contribution in [3.63, 3.8) is 0 Å². The summed E-state index contributed by atoms with van der Waals surface area (Å²) in [6, 6.07) is -2.97. The topological polar surface area (TPSA) is 221 Å². The van der Waals surface area contributed by atoms with Gasteiger partial charge in [-0.15, -0.1) is 0 Å². The van der Waals surface area contributed by atoms with Crippen LogP contribution in [0, 0.1) is 51.4 Å². The van der Waals surface area contributed by atoms with Gasteiger partial charge in [-0.05, 0) is 51.4 Å². The molecule has 0 saturated heterocycles. The number of aromatic nitrogens is 4. The smallest absolute Gasteiger partial charge is 0.274 e. The number of nitrogens with one attached hydrogen (secondary N) is 4. The highest BCUT2D eigenvalue weighted by molar-refractivity contribution is 5.95. The number of rotatable bonds is 4. The highest BCUT2D eigenvalue weighted by atomic mass is 16.4. The lowest BCUT2D eigenvalue weighted by Crippen LogP contribution is -2.35. The molecule has 16 heteroatoms. The van der Waals surface area contributed by atoms with E-state index in [0.29, 0.717) is 0 Å². The summed E-state index contributed by atoms with van der Waals surface area (Å²) in [5, 5.41) is 11.7. The standard InChI is InChI=1S/C36H48N8O8/c1-13(2)21-33-41-26(17(9)49-33)30(46)38-23(15(5)6)35-43-28(19(11)51-35)32(48)40-24(16(7)8)36-44-27(20(12)52-36)31(47)39-22(14(3)4)34-42-25(18(10)50-34)29(45)37-21/h13-16,21-24H,1-12H3,(H,37,45)(H,38,46)(H,39,47)(H,40,48)/t21-,22+,23+,24-. The zero-order chi connectivity index (χ0) is 38.3. The first-order valence-electron chi connectivity index (χ1n) is 17.5. The number of fused-ring (bicyclic) bond motifs is 8. The lowest BCUT2D eigenvalue weighted by atomic mass is 10.0. The molecule has 8 bridgehead atoms. The van der Waals surface area contributed by atoms with Crippen molar-refractivity contribution in [1.29, 1.82) is 0 Å². The quantitative estimate of drug-likeness (QED) is 0.200. The molecule has 1 aliphatic heterocycles. The van der Waals surface area contributed by atoms with Crippen LogP contribution >= 0.6 is 0 Å². The number of hydrogen-bond donors (Lipinski definition) is 4. The van der Waals surface area contributed by atoms with Crippen molar-refractivity contribution in [1.82, 2.24) is 41.2 Å². The van der Waals surface area contributed by atoms with Gasteiger partial charge in [0.05, 0.1) is 0 Å². The van der Waals surface area contributed by atoms with Crippen LogP contribution in [-0.2, 0) is 0 Å². The van der Waals surface area contributed by atoms with Crippen LogP contribution in [0.25, 0.3) is 0 Å². The van der Waals surface area contributed by atoms with Crippen molar-refractivity contribution in [2.75, 3.05) is 0 Å². The van der Waals surface area contributed by atoms with Gasteiger partial charge >= 0.3 is 0 Å². The molecule has 5 rings (SSSR count). The largest absolute Gasteiger partial charge is 0.443 e. The van der Waals surface area contributed by atoms with Crippen molar-refractivity contribution in [3.05, 3.63) is 69.4 Å². The molecule has 4 amide bonds. The van der Waals surface area contributed by atoms with E-state index in [-0.39, 0.29) is 93.1 Å². The van der Waals surface area contributed by atoms with Crippen molar-refractivity contribution < 1.29 is 36.8 Å². The van der Waals surface area contributed by atoms with E-state index < -0.39 is 47.8 Å². The number of aryl methyl sites for hydroxylation is 4. The molecular weight excluding hydrogens is 672 g/mol. The third-order valence-corrected chi connectivity index (χ3v) is 8.99. The second-order valence-corrected chi connectivity index (χ2v) is 14.6. The van der Waals surface area contributed by atoms with Gasteiger partial charge < -0.3 is 38.9 Å². The molecule has 1 aliphatic rings. The molecule has 0 radical (unpaired) electrons. The summed E-state index contributed by atoms with van der Waals surface area (Å²) in [7, 11) is 0. The van der Waals surface area contributed by atoms with Gasteiger partial charge in [0.25, 0.3) is 23.6 Å². The monoisotopic (exact) mass is 720 g/mol. The van der Waals surface area contributed by atoms with Gasteiger partial charge in [-0.2, -0.15) is 0 Å². The predicted octanol–water partition coefficient (Wildman–Crippen LogP) is 5.69. The Labute approximate surface area is 301 Å². The van der Waals surface area contributed by atoms with Gasteiger partial charge in [0.2, 0.25) is 23.6 Å². The zero-order valence-corrected chi connectivity index (χ0v) is 31.7. The van der Waals surface area contributed by atoms with Crippen LogP contribution in [-0.4, -0.2) is 43.6 Å². The average molecular weight is 721 g/mol. The van der Waals surface area contributed by atoms with Crippen LogP contribution in [0.3, 0.4) is 0 Å². The van der Waals surface area contributed by atoms with Crippen molar-refractivity contribution in [2.45, 2.75) is 107 Å². The fourth-order valence-corrected chi connectivity index (χ4v) is 5.94. The average Bonchev–Trinajstić information content (AvgIpc) is 3.83. The molecule has 52 heavy (non-hydrogen) atoms. The minimum absolute atomic E-state index is 0.0204. The number of oxazole rings is 4. The van der Waals surface area contributed by atoms with Gasteiger partial charge in [0, 0.05) is 0 Å². The number of carbonyl (C=O) groups is 4. The molecule has 5 heterocycles. The van der Waals surface area contributed by atoms with Crippen molar-refractivity contribution in [2.24, 2.45) is 23.7 Å². The molecule has 0 saturated carbocycles. The Kier molecular flexibility index (Phi) is 10.8. The Balaban J connectivity index is 1.62. The number of carbonyl (C=O) groups excluding carboxylic acids is 4. The first-order chi connectivity index (χ1) is 24.4. The molecule has 4 aromatic heterocycles. The minimum atomic E-state index is -0.742. The summed E-state index contributed by atoms with van der Waals surface area (Å²) in [5.74, 6) is -1.57. The summed E-state index contributed by atoms with van der Waals surface area (Å²) in [6.45, 7) is 21.4. The van der Waals surface area contributed by atoms with Gasteiger partial charge in [0.1, 0.15) is 47.2 Å². The lowest BCUT2D eigenvalue weighted by Gasteiger charge is -2.20. The predicted molar refractivity (Wildman–Crippen MR) is 185 cm³/mol. The van der Waals surface area contributed by atoms with E-state index in [2.05, 4.69) is 41.2 Å². The van der Waals surface area contributed by atoms with E-state index in [0.717, 1.165) is 0 Å². The Hall–Kier alpha value is -5.28. The van der Waals surface area contributed by atoms with E-state index >= 15 is 0 Å². The summed E-state index contributed by atoms with van der Waals surface area (Å²) >= 11 is 0. The second-order valence-electron chi connectivity index (χ2n) is 14.6. The molecule has 16 nitrogen and oxygen atoms in total. The molecule has 0 aromatic carbocycles. The Morgan fingerprint density at radius 2 is 0.558 bits per heavy atom. The van der Waals surface area contributed by atoms with Gasteiger partial charge in [-0.1, -0.05) is 55.4 Å². The van der Waals surface area contributed by atoms with Crippen LogP contribution in [0.1, 0.15) is 168 Å². The highest BCUT2D eigenvalue weighted by Gasteiger charge is 2.35. The molecule has 4 atom stereocenters. The summed E-state index contributed by atoms with van der Waals surface area (Å²) < 4.78 is 23.8. The van der Waals surface area contributed by atoms with Crippen LogP contribution in [0.4, 0.5) is 0 Å². The molecule has 4 N–H and O–H groups in total. The van der Waals surface area contributed by atoms with Gasteiger partial charge in [0.15, 0.2) is 22.8 Å². The number of hydrogen-bond acceptors (Lipinski definition) is 12. The molecule has 0 spiro atoms. The maximum Gasteiger partial charge on any atom is 0.274 e. The third-order valence-electron chi connectivity index (χ3n) is 8.99. The van der Waals surface area contributed by atoms with E-state index in [1.54, 1.807) is 27.7 Å². The van der Waals surface area contributed by atoms with E-state index in [1.807, 2.05) is 55.4 Å². The first kappa shape index (κ1) is 38.0. The van der Waals surface area contributed by atoms with Crippen LogP contribution in [0.2, 0.25) is 0 Å². The summed E-state index contributed by atoms with van der Waals surface area (Å²) in [5.41, 5.74) is 0.0817.